The summed E-state index contributed by atoms with van der Waals surface area (Å²) in [4.78, 5) is 10.5. The van der Waals surface area contributed by atoms with E-state index in [2.05, 4.69) is 50.5 Å². The minimum Gasteiger partial charge on any atom is -0.358 e. The number of rotatable bonds is 3. The van der Waals surface area contributed by atoms with Crippen LogP contribution in [0.2, 0.25) is 0 Å². The van der Waals surface area contributed by atoms with Gasteiger partial charge in [-0.1, -0.05) is 31.0 Å². The number of benzene rings is 1. The van der Waals surface area contributed by atoms with Gasteiger partial charge in [-0.05, 0) is 42.2 Å². The van der Waals surface area contributed by atoms with Gasteiger partial charge >= 0.3 is 0 Å². The van der Waals surface area contributed by atoms with Crippen molar-refractivity contribution in [2.24, 2.45) is 16.8 Å². The Morgan fingerprint density at radius 1 is 1.21 bits per heavy atom. The average Bonchev–Trinajstić information content (AvgIpc) is 3.21. The Kier molecular flexibility index (Phi) is 4.46. The van der Waals surface area contributed by atoms with Gasteiger partial charge < -0.3 is 15.2 Å². The lowest BCUT2D eigenvalue weighted by atomic mass is 9.82. The number of nitrogens with zero attached hydrogens (tertiary/aromatic N) is 2. The number of guanidine groups is 1. The Bertz CT molecular complexity index is 670. The van der Waals surface area contributed by atoms with Gasteiger partial charge in [-0.25, -0.2) is 0 Å². The van der Waals surface area contributed by atoms with Crippen LogP contribution in [0, 0.1) is 11.8 Å². The molecule has 1 aliphatic heterocycles. The summed E-state index contributed by atoms with van der Waals surface area (Å²) in [5.74, 6) is 2.87. The third kappa shape index (κ3) is 3.14. The molecule has 0 amide bonds. The number of aromatic nitrogens is 1. The molecular weight excluding hydrogens is 296 g/mol. The second kappa shape index (κ2) is 6.88. The van der Waals surface area contributed by atoms with Crippen LogP contribution in [0.3, 0.4) is 0 Å². The number of hydrogen-bond acceptors (Lipinski definition) is 1. The standard InChI is InChI=1S/C20H28N4/c1-21-20(24-13-16-7-2-3-8-17(16)14-24)22-11-10-18-12-15-6-4-5-9-19(15)23-18/h4-6,9,12,16-17,23H,2-3,7-8,10-11,13-14H2,1H3,(H,21,22). The van der Waals surface area contributed by atoms with Crippen LogP contribution in [0.25, 0.3) is 10.9 Å². The predicted octanol–water partition coefficient (Wildman–Crippen LogP) is 3.41. The molecule has 4 rings (SSSR count). The lowest BCUT2D eigenvalue weighted by molar-refractivity contribution is 0.299. The van der Waals surface area contributed by atoms with Gasteiger partial charge in [0.1, 0.15) is 0 Å². The maximum Gasteiger partial charge on any atom is 0.193 e. The van der Waals surface area contributed by atoms with Gasteiger partial charge in [0.2, 0.25) is 0 Å². The van der Waals surface area contributed by atoms with E-state index in [1.165, 1.54) is 55.4 Å². The summed E-state index contributed by atoms with van der Waals surface area (Å²) in [6.45, 7) is 3.30. The number of para-hydroxylation sites is 1. The van der Waals surface area contributed by atoms with Crippen molar-refractivity contribution >= 4 is 16.9 Å². The van der Waals surface area contributed by atoms with Gasteiger partial charge in [0.05, 0.1) is 0 Å². The molecule has 0 radical (unpaired) electrons. The second-order valence-corrected chi connectivity index (χ2v) is 7.32. The van der Waals surface area contributed by atoms with E-state index < -0.39 is 0 Å². The molecule has 2 heterocycles. The molecule has 1 saturated carbocycles. The molecule has 1 aromatic carbocycles. The van der Waals surface area contributed by atoms with Crippen LogP contribution < -0.4 is 5.32 Å². The average molecular weight is 324 g/mol. The molecule has 128 valence electrons. The fraction of sp³-hybridized carbons (Fsp3) is 0.550. The van der Waals surface area contributed by atoms with Gasteiger partial charge in [-0.3, -0.25) is 4.99 Å². The molecule has 1 aromatic heterocycles. The van der Waals surface area contributed by atoms with Crippen LogP contribution in [0.1, 0.15) is 31.4 Å². The highest BCUT2D eigenvalue weighted by Gasteiger charge is 2.35. The Labute approximate surface area is 144 Å². The van der Waals surface area contributed by atoms with E-state index >= 15 is 0 Å². The minimum absolute atomic E-state index is 0.894. The third-order valence-corrected chi connectivity index (χ3v) is 5.75. The minimum atomic E-state index is 0.894. The maximum absolute atomic E-state index is 4.52. The molecule has 2 atom stereocenters. The Morgan fingerprint density at radius 3 is 2.67 bits per heavy atom. The number of hydrogen-bond donors (Lipinski definition) is 2. The van der Waals surface area contributed by atoms with Crippen LogP contribution >= 0.6 is 0 Å². The van der Waals surface area contributed by atoms with Crippen molar-refractivity contribution in [1.82, 2.24) is 15.2 Å². The number of likely N-dealkylation sites (tertiary alicyclic amines) is 1. The number of aromatic amines is 1. The van der Waals surface area contributed by atoms with Crippen molar-refractivity contribution in [3.63, 3.8) is 0 Å². The zero-order valence-electron chi connectivity index (χ0n) is 14.6. The van der Waals surface area contributed by atoms with Crippen LogP contribution in [0.15, 0.2) is 35.3 Å². The van der Waals surface area contributed by atoms with Crippen molar-refractivity contribution in [2.45, 2.75) is 32.1 Å². The largest absolute Gasteiger partial charge is 0.358 e. The van der Waals surface area contributed by atoms with E-state index in [1.807, 2.05) is 7.05 Å². The van der Waals surface area contributed by atoms with Crippen LogP contribution in [0.4, 0.5) is 0 Å². The van der Waals surface area contributed by atoms with Gasteiger partial charge in [0, 0.05) is 44.3 Å². The quantitative estimate of drug-likeness (QED) is 0.671. The smallest absolute Gasteiger partial charge is 0.193 e. The molecule has 0 spiro atoms. The summed E-state index contributed by atoms with van der Waals surface area (Å²) in [6.07, 6.45) is 6.65. The summed E-state index contributed by atoms with van der Waals surface area (Å²) >= 11 is 0. The zero-order chi connectivity index (χ0) is 16.4. The molecule has 2 unspecified atom stereocenters. The first-order valence-electron chi connectivity index (χ1n) is 9.36. The summed E-state index contributed by atoms with van der Waals surface area (Å²) in [5, 5.41) is 4.86. The topological polar surface area (TPSA) is 43.4 Å². The normalized spacial score (nSPS) is 24.4. The molecule has 4 heteroatoms. The summed E-state index contributed by atoms with van der Waals surface area (Å²) in [7, 11) is 1.91. The first-order valence-corrected chi connectivity index (χ1v) is 9.36. The first-order chi connectivity index (χ1) is 11.8. The highest BCUT2D eigenvalue weighted by molar-refractivity contribution is 5.81. The Hall–Kier alpha value is -1.97. The summed E-state index contributed by atoms with van der Waals surface area (Å²) in [6, 6.07) is 10.7. The highest BCUT2D eigenvalue weighted by atomic mass is 15.3. The third-order valence-electron chi connectivity index (χ3n) is 5.75. The lowest BCUT2D eigenvalue weighted by Crippen LogP contribution is -2.41. The molecule has 2 fully saturated rings. The van der Waals surface area contributed by atoms with Crippen molar-refractivity contribution < 1.29 is 0 Å². The molecule has 1 aliphatic carbocycles. The molecule has 24 heavy (non-hydrogen) atoms. The van der Waals surface area contributed by atoms with Crippen LogP contribution in [-0.2, 0) is 6.42 Å². The van der Waals surface area contributed by atoms with E-state index in [0.717, 1.165) is 30.8 Å². The van der Waals surface area contributed by atoms with E-state index in [-0.39, 0.29) is 0 Å². The van der Waals surface area contributed by atoms with Crippen molar-refractivity contribution in [3.8, 4) is 0 Å². The molecule has 0 bridgehead atoms. The molecule has 4 nitrogen and oxygen atoms in total. The molecular formula is C20H28N4. The number of aliphatic imine (C=N–C) groups is 1. The molecule has 2 aliphatic rings. The SMILES string of the molecule is CN=C(NCCc1cc2ccccc2[nH]1)N1CC2CCCCC2C1. The number of fused-ring (bicyclic) bond motifs is 2. The monoisotopic (exact) mass is 324 g/mol. The van der Waals surface area contributed by atoms with Gasteiger partial charge in [0.25, 0.3) is 0 Å². The second-order valence-electron chi connectivity index (χ2n) is 7.32. The number of H-pyrrole nitrogens is 1. The molecule has 2 aromatic rings. The highest BCUT2D eigenvalue weighted by Crippen LogP contribution is 2.35. The van der Waals surface area contributed by atoms with Crippen molar-refractivity contribution in [3.05, 3.63) is 36.0 Å². The number of nitrogens with one attached hydrogen (secondary N) is 2. The molecule has 1 saturated heterocycles. The maximum atomic E-state index is 4.52. The Morgan fingerprint density at radius 2 is 1.96 bits per heavy atom. The predicted molar refractivity (Wildman–Crippen MR) is 100 cm³/mol. The lowest BCUT2D eigenvalue weighted by Gasteiger charge is -2.22. The van der Waals surface area contributed by atoms with E-state index in [9.17, 15) is 0 Å². The van der Waals surface area contributed by atoms with Gasteiger partial charge in [-0.2, -0.15) is 0 Å². The van der Waals surface area contributed by atoms with E-state index in [0.29, 0.717) is 0 Å². The van der Waals surface area contributed by atoms with Crippen molar-refractivity contribution in [1.29, 1.82) is 0 Å². The Balaban J connectivity index is 1.32. The first kappa shape index (κ1) is 15.6. The summed E-state index contributed by atoms with van der Waals surface area (Å²) < 4.78 is 0. The van der Waals surface area contributed by atoms with Crippen molar-refractivity contribution in [2.75, 3.05) is 26.7 Å². The van der Waals surface area contributed by atoms with Crippen LogP contribution in [-0.4, -0.2) is 42.5 Å². The summed E-state index contributed by atoms with van der Waals surface area (Å²) in [5.41, 5.74) is 2.51. The van der Waals surface area contributed by atoms with Crippen LogP contribution in [0.5, 0.6) is 0 Å². The van der Waals surface area contributed by atoms with Gasteiger partial charge in [0.15, 0.2) is 5.96 Å². The van der Waals surface area contributed by atoms with Gasteiger partial charge in [-0.15, -0.1) is 0 Å². The fourth-order valence-electron chi connectivity index (χ4n) is 4.49. The molecule has 2 N–H and O–H groups in total. The van der Waals surface area contributed by atoms with E-state index in [1.54, 1.807) is 0 Å². The zero-order valence-corrected chi connectivity index (χ0v) is 14.6. The fourth-order valence-corrected chi connectivity index (χ4v) is 4.49. The van der Waals surface area contributed by atoms with E-state index in [4.69, 9.17) is 0 Å².